The van der Waals surface area contributed by atoms with Crippen LogP contribution in [0.5, 0.6) is 0 Å². The molecule has 3 nitrogen and oxygen atoms in total. The third-order valence-electron chi connectivity index (χ3n) is 3.14. The van der Waals surface area contributed by atoms with E-state index in [1.165, 1.54) is 12.1 Å². The number of aromatic nitrogens is 2. The minimum atomic E-state index is -0.342. The number of thiocarbonyl (C=S) groups is 1. The molecule has 2 heterocycles. The molecule has 0 saturated heterocycles. The Bertz CT molecular complexity index is 778. The minimum absolute atomic E-state index is 0.197. The van der Waals surface area contributed by atoms with Gasteiger partial charge in [-0.3, -0.25) is 0 Å². The summed E-state index contributed by atoms with van der Waals surface area (Å²) in [6, 6.07) is 8.50. The van der Waals surface area contributed by atoms with Gasteiger partial charge in [0.2, 0.25) is 0 Å². The molecule has 0 atom stereocenters. The number of imidazole rings is 1. The highest BCUT2D eigenvalue weighted by molar-refractivity contribution is 7.80. The Kier molecular flexibility index (Phi) is 3.81. The molecule has 2 N–H and O–H groups in total. The third-order valence-corrected chi connectivity index (χ3v) is 4.22. The van der Waals surface area contributed by atoms with Crippen LogP contribution in [0.4, 0.5) is 4.39 Å². The molecular formula is C15H12FN3S2. The summed E-state index contributed by atoms with van der Waals surface area (Å²) in [5.41, 5.74) is 7.13. The highest BCUT2D eigenvalue weighted by atomic mass is 32.1. The van der Waals surface area contributed by atoms with Gasteiger partial charge in [-0.05, 0) is 29.1 Å². The maximum Gasteiger partial charge on any atom is 0.150 e. The fraction of sp³-hybridized carbons (Fsp3) is 0.0667. The molecule has 2 aromatic heterocycles. The van der Waals surface area contributed by atoms with Crippen molar-refractivity contribution in [2.24, 2.45) is 5.73 Å². The van der Waals surface area contributed by atoms with Crippen LogP contribution < -0.4 is 5.73 Å². The molecule has 106 valence electrons. The first-order chi connectivity index (χ1) is 10.1. The molecule has 0 saturated carbocycles. The molecule has 0 bridgehead atoms. The number of hydrogen-bond donors (Lipinski definition) is 1. The third kappa shape index (κ3) is 2.86. The molecule has 0 aliphatic carbocycles. The van der Waals surface area contributed by atoms with Gasteiger partial charge in [-0.1, -0.05) is 24.4 Å². The van der Waals surface area contributed by atoms with Gasteiger partial charge >= 0.3 is 0 Å². The summed E-state index contributed by atoms with van der Waals surface area (Å²) < 4.78 is 15.4. The lowest BCUT2D eigenvalue weighted by molar-refractivity contribution is 0.626. The summed E-state index contributed by atoms with van der Waals surface area (Å²) in [5, 5.41) is 2.01. The zero-order valence-corrected chi connectivity index (χ0v) is 12.6. The lowest BCUT2D eigenvalue weighted by Gasteiger charge is -2.11. The van der Waals surface area contributed by atoms with E-state index in [1.807, 2.05) is 28.3 Å². The normalized spacial score (nSPS) is 10.7. The van der Waals surface area contributed by atoms with Crippen molar-refractivity contribution in [3.8, 4) is 10.7 Å². The molecule has 0 unspecified atom stereocenters. The first kappa shape index (κ1) is 13.9. The summed E-state index contributed by atoms with van der Waals surface area (Å²) >= 11 is 6.63. The van der Waals surface area contributed by atoms with E-state index < -0.39 is 0 Å². The smallest absolute Gasteiger partial charge is 0.150 e. The van der Waals surface area contributed by atoms with Crippen LogP contribution in [0.2, 0.25) is 0 Å². The van der Waals surface area contributed by atoms with Gasteiger partial charge in [-0.2, -0.15) is 0 Å². The Morgan fingerprint density at radius 2 is 2.24 bits per heavy atom. The number of halogens is 1. The van der Waals surface area contributed by atoms with Gasteiger partial charge in [-0.15, -0.1) is 11.3 Å². The second-order valence-electron chi connectivity index (χ2n) is 4.52. The number of rotatable bonds is 4. The topological polar surface area (TPSA) is 43.8 Å². The van der Waals surface area contributed by atoms with Gasteiger partial charge in [-0.25, -0.2) is 9.37 Å². The molecule has 3 aromatic rings. The van der Waals surface area contributed by atoms with Gasteiger partial charge in [0.1, 0.15) is 16.6 Å². The molecule has 0 radical (unpaired) electrons. The predicted octanol–water partition coefficient (Wildman–Crippen LogP) is 3.43. The largest absolute Gasteiger partial charge is 0.389 e. The molecule has 0 fully saturated rings. The first-order valence-electron chi connectivity index (χ1n) is 6.28. The van der Waals surface area contributed by atoms with E-state index in [2.05, 4.69) is 4.98 Å². The highest BCUT2D eigenvalue weighted by Crippen LogP contribution is 2.24. The van der Waals surface area contributed by atoms with Crippen LogP contribution >= 0.6 is 23.6 Å². The Morgan fingerprint density at radius 1 is 1.38 bits per heavy atom. The number of nitrogens with two attached hydrogens (primary N) is 1. The molecular weight excluding hydrogens is 305 g/mol. The van der Waals surface area contributed by atoms with Crippen LogP contribution in [0.3, 0.4) is 0 Å². The van der Waals surface area contributed by atoms with Crippen molar-refractivity contribution in [2.45, 2.75) is 6.54 Å². The van der Waals surface area contributed by atoms with Crippen molar-refractivity contribution in [1.82, 2.24) is 9.55 Å². The fourth-order valence-corrected chi connectivity index (χ4v) is 3.09. The zero-order valence-electron chi connectivity index (χ0n) is 11.0. The Hall–Kier alpha value is -2.05. The molecule has 0 aliphatic rings. The van der Waals surface area contributed by atoms with Gasteiger partial charge in [0.15, 0.2) is 0 Å². The Balaban J connectivity index is 1.99. The number of hydrogen-bond acceptors (Lipinski definition) is 3. The summed E-state index contributed by atoms with van der Waals surface area (Å²) in [6.07, 6.45) is 3.64. The lowest BCUT2D eigenvalue weighted by atomic mass is 10.1. The van der Waals surface area contributed by atoms with Crippen molar-refractivity contribution in [3.63, 3.8) is 0 Å². The predicted molar refractivity (Wildman–Crippen MR) is 86.9 cm³/mol. The summed E-state index contributed by atoms with van der Waals surface area (Å²) in [4.78, 5) is 5.66. The molecule has 21 heavy (non-hydrogen) atoms. The lowest BCUT2D eigenvalue weighted by Crippen LogP contribution is -2.14. The van der Waals surface area contributed by atoms with E-state index in [0.29, 0.717) is 12.1 Å². The molecule has 0 amide bonds. The summed E-state index contributed by atoms with van der Waals surface area (Å²) in [7, 11) is 0. The maximum absolute atomic E-state index is 13.4. The van der Waals surface area contributed by atoms with E-state index >= 15 is 0 Å². The van der Waals surface area contributed by atoms with Gasteiger partial charge in [0, 0.05) is 24.5 Å². The number of benzene rings is 1. The Labute approximate surface area is 130 Å². The van der Waals surface area contributed by atoms with Crippen LogP contribution in [-0.4, -0.2) is 14.5 Å². The van der Waals surface area contributed by atoms with Crippen molar-refractivity contribution < 1.29 is 4.39 Å². The number of nitrogens with zero attached hydrogens (tertiary/aromatic N) is 2. The van der Waals surface area contributed by atoms with E-state index in [9.17, 15) is 4.39 Å². The van der Waals surface area contributed by atoms with Crippen molar-refractivity contribution >= 4 is 28.5 Å². The average Bonchev–Trinajstić information content (AvgIpc) is 3.11. The minimum Gasteiger partial charge on any atom is -0.389 e. The highest BCUT2D eigenvalue weighted by Gasteiger charge is 2.11. The zero-order chi connectivity index (χ0) is 14.8. The van der Waals surface area contributed by atoms with Gasteiger partial charge in [0.25, 0.3) is 0 Å². The van der Waals surface area contributed by atoms with Gasteiger partial charge < -0.3 is 10.3 Å². The van der Waals surface area contributed by atoms with Crippen molar-refractivity contribution in [1.29, 1.82) is 0 Å². The fourth-order valence-electron chi connectivity index (χ4n) is 2.17. The van der Waals surface area contributed by atoms with Crippen LogP contribution in [0.15, 0.2) is 48.1 Å². The van der Waals surface area contributed by atoms with E-state index in [1.54, 1.807) is 23.6 Å². The van der Waals surface area contributed by atoms with Crippen LogP contribution in [-0.2, 0) is 6.54 Å². The van der Waals surface area contributed by atoms with Gasteiger partial charge in [0.05, 0.1) is 4.88 Å². The Morgan fingerprint density at radius 3 is 2.95 bits per heavy atom. The average molecular weight is 317 g/mol. The molecule has 0 spiro atoms. The molecule has 1 aromatic carbocycles. The second-order valence-corrected chi connectivity index (χ2v) is 5.91. The van der Waals surface area contributed by atoms with Crippen LogP contribution in [0, 0.1) is 5.82 Å². The first-order valence-corrected chi connectivity index (χ1v) is 7.57. The summed E-state index contributed by atoms with van der Waals surface area (Å²) in [5.74, 6) is 0.536. The number of thiophene rings is 1. The maximum atomic E-state index is 13.4. The van der Waals surface area contributed by atoms with E-state index in [0.717, 1.165) is 16.3 Å². The van der Waals surface area contributed by atoms with Crippen molar-refractivity contribution in [2.75, 3.05) is 0 Å². The summed E-state index contributed by atoms with van der Waals surface area (Å²) in [6.45, 7) is 0.542. The second kappa shape index (κ2) is 5.75. The molecule has 6 heteroatoms. The van der Waals surface area contributed by atoms with E-state index in [-0.39, 0.29) is 10.8 Å². The monoisotopic (exact) mass is 317 g/mol. The standard InChI is InChI=1S/C15H12FN3S2/c16-11-4-3-10(12(8-11)14(17)20)9-19-6-5-18-15(19)13-2-1-7-21-13/h1-8H,9H2,(H2,17,20). The van der Waals surface area contributed by atoms with Crippen LogP contribution in [0.1, 0.15) is 11.1 Å². The van der Waals surface area contributed by atoms with Crippen LogP contribution in [0.25, 0.3) is 10.7 Å². The molecule has 0 aliphatic heterocycles. The molecule has 3 rings (SSSR count). The van der Waals surface area contributed by atoms with E-state index in [4.69, 9.17) is 18.0 Å². The van der Waals surface area contributed by atoms with Crippen molar-refractivity contribution in [3.05, 3.63) is 65.0 Å². The SMILES string of the molecule is NC(=S)c1cc(F)ccc1Cn1ccnc1-c1cccs1. The quantitative estimate of drug-likeness (QED) is 0.750.